The molecular formula is C21H21B6N5. The smallest absolute Gasteiger partial charge is 0.140 e. The first kappa shape index (κ1) is 23.3. The Kier molecular flexibility index (Phi) is 6.69. The van der Waals surface area contributed by atoms with Gasteiger partial charge in [0.1, 0.15) is 52.9 Å². The van der Waals surface area contributed by atoms with Crippen LogP contribution in [0.3, 0.4) is 0 Å². The van der Waals surface area contributed by atoms with Gasteiger partial charge in [-0.25, -0.2) is 4.98 Å². The minimum atomic E-state index is -0.866. The molecule has 2 aromatic heterocycles. The molecule has 5 nitrogen and oxygen atoms in total. The second-order valence-electron chi connectivity index (χ2n) is 8.53. The average Bonchev–Trinajstić information content (AvgIpc) is 3.14. The summed E-state index contributed by atoms with van der Waals surface area (Å²) in [6.07, 6.45) is 4.09. The molecule has 1 atom stereocenters. The van der Waals surface area contributed by atoms with E-state index in [1.807, 2.05) is 0 Å². The maximum atomic E-state index is 7.07. The summed E-state index contributed by atoms with van der Waals surface area (Å²) in [6.45, 7) is 1.79. The van der Waals surface area contributed by atoms with Crippen LogP contribution < -0.4 is 33.2 Å². The Hall–Kier alpha value is -1.85. The van der Waals surface area contributed by atoms with Crippen LogP contribution in [0.5, 0.6) is 0 Å². The van der Waals surface area contributed by atoms with E-state index >= 15 is 0 Å². The number of hydrogen-bond acceptors (Lipinski definition) is 4. The maximum Gasteiger partial charge on any atom is 0.140 e. The number of imidazole rings is 1. The third-order valence-electron chi connectivity index (χ3n) is 6.33. The highest BCUT2D eigenvalue weighted by Gasteiger charge is 2.39. The zero-order valence-corrected chi connectivity index (χ0v) is 18.2. The van der Waals surface area contributed by atoms with E-state index in [1.165, 1.54) is 0 Å². The normalized spacial score (nSPS) is 18.3. The Balaban J connectivity index is 1.74. The number of unbranched alkanes of at least 4 members (excludes halogenated alkanes) is 1. The predicted molar refractivity (Wildman–Crippen MR) is 136 cm³/mol. The molecule has 148 valence electrons. The molecule has 2 heterocycles. The molecule has 0 spiro atoms. The van der Waals surface area contributed by atoms with Crippen LogP contribution in [0.4, 0.5) is 0 Å². The molecule has 1 aliphatic rings. The molecule has 1 aliphatic carbocycles. The quantitative estimate of drug-likeness (QED) is 0.320. The van der Waals surface area contributed by atoms with Crippen molar-refractivity contribution in [3.05, 3.63) is 29.2 Å². The average molecular weight is 408 g/mol. The molecule has 12 radical (unpaired) electrons. The molecular weight excluding hydrogens is 387 g/mol. The summed E-state index contributed by atoms with van der Waals surface area (Å²) in [6, 6.07) is 3.56. The Labute approximate surface area is 197 Å². The van der Waals surface area contributed by atoms with Gasteiger partial charge < -0.3 is 10.7 Å². The fourth-order valence-corrected chi connectivity index (χ4v) is 4.51. The molecule has 4 rings (SSSR count). The molecule has 1 aromatic carbocycles. The highest BCUT2D eigenvalue weighted by molar-refractivity contribution is 6.57. The van der Waals surface area contributed by atoms with Gasteiger partial charge >= 0.3 is 0 Å². The summed E-state index contributed by atoms with van der Waals surface area (Å²) in [4.78, 5) is 14.8. The van der Waals surface area contributed by atoms with E-state index in [4.69, 9.17) is 57.8 Å². The predicted octanol–water partition coefficient (Wildman–Crippen LogP) is -3.17. The topological polar surface area (TPSA) is 70.8 Å². The first-order valence-corrected chi connectivity index (χ1v) is 10.9. The van der Waals surface area contributed by atoms with E-state index in [0.717, 1.165) is 48.1 Å². The standard InChI is InChI=1S/C21H21B6N5/c22-12-8-14-15(9-13(12)23)30-16(29-14)10-32(7-2-1-6-28)21(27)5-3-4-11-17(24)18(25)20(26)31-19(11)21/h8-9H,1-7,10,28H2,(H,29,30)/t21-/m0/s1. The number of hydrogen-bond donors (Lipinski definition) is 2. The SMILES string of the molecule is [B]c1cc2nc(CN(CCCCN)[C@@]3([B])CCCc4c3nc([B])c([B])c4[B])[nH]c2cc1[B]. The summed E-state index contributed by atoms with van der Waals surface area (Å²) in [5, 5.41) is 0. The second-order valence-corrected chi connectivity index (χ2v) is 8.53. The molecule has 0 saturated heterocycles. The molecule has 3 aromatic rings. The number of aromatic nitrogens is 3. The monoisotopic (exact) mass is 409 g/mol. The Bertz CT molecular complexity index is 1110. The lowest BCUT2D eigenvalue weighted by Crippen LogP contribution is -2.54. The minimum Gasteiger partial charge on any atom is -0.341 e. The molecule has 0 amide bonds. The Morgan fingerprint density at radius 1 is 1.03 bits per heavy atom. The fourth-order valence-electron chi connectivity index (χ4n) is 4.51. The minimum absolute atomic E-state index is 0.203. The van der Waals surface area contributed by atoms with Crippen LogP contribution in [0.1, 0.15) is 42.8 Å². The molecule has 0 unspecified atom stereocenters. The molecule has 32 heavy (non-hydrogen) atoms. The first-order valence-electron chi connectivity index (χ1n) is 10.9. The van der Waals surface area contributed by atoms with Crippen molar-refractivity contribution < 1.29 is 0 Å². The highest BCUT2D eigenvalue weighted by Crippen LogP contribution is 2.36. The van der Waals surface area contributed by atoms with Crippen molar-refractivity contribution in [2.24, 2.45) is 5.73 Å². The van der Waals surface area contributed by atoms with Crippen LogP contribution >= 0.6 is 0 Å². The third kappa shape index (κ3) is 4.22. The van der Waals surface area contributed by atoms with Gasteiger partial charge in [-0.05, 0) is 68.5 Å². The number of H-pyrrole nitrogens is 1. The Morgan fingerprint density at radius 3 is 2.53 bits per heavy atom. The van der Waals surface area contributed by atoms with Crippen molar-refractivity contribution in [3.63, 3.8) is 0 Å². The molecule has 0 aliphatic heterocycles. The van der Waals surface area contributed by atoms with E-state index in [1.54, 1.807) is 12.1 Å². The van der Waals surface area contributed by atoms with E-state index in [2.05, 4.69) is 14.9 Å². The van der Waals surface area contributed by atoms with Gasteiger partial charge in [0.25, 0.3) is 0 Å². The zero-order chi connectivity index (χ0) is 23.0. The van der Waals surface area contributed by atoms with Crippen LogP contribution in [-0.2, 0) is 18.4 Å². The molecule has 3 N–H and O–H groups in total. The van der Waals surface area contributed by atoms with Gasteiger partial charge in [-0.15, -0.1) is 10.9 Å². The molecule has 0 saturated carbocycles. The third-order valence-corrected chi connectivity index (χ3v) is 6.33. The lowest BCUT2D eigenvalue weighted by molar-refractivity contribution is 0.123. The second kappa shape index (κ2) is 9.18. The molecule has 0 fully saturated rings. The van der Waals surface area contributed by atoms with Gasteiger partial charge in [-0.1, -0.05) is 10.9 Å². The van der Waals surface area contributed by atoms with Crippen molar-refractivity contribution >= 4 is 85.6 Å². The van der Waals surface area contributed by atoms with Gasteiger partial charge in [-0.3, -0.25) is 9.88 Å². The van der Waals surface area contributed by atoms with Crippen LogP contribution in [0, 0.1) is 0 Å². The number of nitrogens with zero attached hydrogens (tertiary/aromatic N) is 3. The highest BCUT2D eigenvalue weighted by atomic mass is 15.2. The van der Waals surface area contributed by atoms with Gasteiger partial charge in [-0.2, -0.15) is 0 Å². The van der Waals surface area contributed by atoms with Crippen LogP contribution in [0.25, 0.3) is 11.0 Å². The molecule has 11 heteroatoms. The van der Waals surface area contributed by atoms with E-state index < -0.39 is 5.44 Å². The van der Waals surface area contributed by atoms with Gasteiger partial charge in [0.05, 0.1) is 23.3 Å². The summed E-state index contributed by atoms with van der Waals surface area (Å²) >= 11 is 0. The van der Waals surface area contributed by atoms with Gasteiger partial charge in [0, 0.05) is 5.44 Å². The number of fused-ring (bicyclic) bond motifs is 2. The lowest BCUT2D eigenvalue weighted by atomic mass is 9.61. The number of aromatic amines is 1. The van der Waals surface area contributed by atoms with Gasteiger partial charge in [0.15, 0.2) is 0 Å². The van der Waals surface area contributed by atoms with Crippen LogP contribution in [-0.4, -0.2) is 80.0 Å². The maximum absolute atomic E-state index is 7.07. The van der Waals surface area contributed by atoms with Crippen molar-refractivity contribution in [1.82, 2.24) is 19.9 Å². The summed E-state index contributed by atoms with van der Waals surface area (Å²) in [5.74, 6) is 0.756. The first-order chi connectivity index (χ1) is 15.2. The van der Waals surface area contributed by atoms with Crippen molar-refractivity contribution in [1.29, 1.82) is 0 Å². The summed E-state index contributed by atoms with van der Waals surface area (Å²) in [5.41, 5.74) is 10.0. The zero-order valence-electron chi connectivity index (χ0n) is 18.2. The molecule has 0 bridgehead atoms. The van der Waals surface area contributed by atoms with Crippen molar-refractivity contribution in [2.45, 2.75) is 44.1 Å². The van der Waals surface area contributed by atoms with Crippen molar-refractivity contribution in [3.8, 4) is 0 Å². The fraction of sp³-hybridized carbons (Fsp3) is 0.429. The van der Waals surface area contributed by atoms with E-state index in [9.17, 15) is 0 Å². The van der Waals surface area contributed by atoms with E-state index in [0.29, 0.717) is 53.6 Å². The van der Waals surface area contributed by atoms with Crippen molar-refractivity contribution in [2.75, 3.05) is 13.1 Å². The van der Waals surface area contributed by atoms with Gasteiger partial charge in [0.2, 0.25) is 0 Å². The number of nitrogens with two attached hydrogens (primary N) is 1. The number of benzene rings is 1. The number of nitrogens with one attached hydrogen (secondary N) is 1. The van der Waals surface area contributed by atoms with E-state index in [-0.39, 0.29) is 5.59 Å². The Morgan fingerprint density at radius 2 is 1.78 bits per heavy atom. The van der Waals surface area contributed by atoms with Crippen LogP contribution in [0.2, 0.25) is 0 Å². The largest absolute Gasteiger partial charge is 0.341 e. The van der Waals surface area contributed by atoms with Crippen LogP contribution in [0.15, 0.2) is 12.1 Å². The summed E-state index contributed by atoms with van der Waals surface area (Å²) in [7, 11) is 37.4. The number of rotatable bonds is 7. The number of pyridine rings is 1. The summed E-state index contributed by atoms with van der Waals surface area (Å²) < 4.78 is 0. The lowest BCUT2D eigenvalue weighted by Gasteiger charge is -2.46.